The Bertz CT molecular complexity index is 901. The minimum atomic E-state index is -0.453. The molecule has 0 atom stereocenters. The molecule has 1 fully saturated rings. The number of phenols is 2. The van der Waals surface area contributed by atoms with Gasteiger partial charge in [-0.3, -0.25) is 9.59 Å². The van der Waals surface area contributed by atoms with Crippen molar-refractivity contribution in [3.05, 3.63) is 52.6 Å². The molecule has 1 aliphatic heterocycles. The minimum Gasteiger partial charge on any atom is -0.507 e. The van der Waals surface area contributed by atoms with Crippen LogP contribution in [0.1, 0.15) is 44.7 Å². The summed E-state index contributed by atoms with van der Waals surface area (Å²) >= 11 is 0. The summed E-state index contributed by atoms with van der Waals surface area (Å²) in [5.74, 6) is -1.50. The Labute approximate surface area is 151 Å². The van der Waals surface area contributed by atoms with Crippen molar-refractivity contribution in [3.63, 3.8) is 0 Å². The summed E-state index contributed by atoms with van der Waals surface area (Å²) in [6, 6.07) is 7.51. The highest BCUT2D eigenvalue weighted by molar-refractivity contribution is 6.31. The van der Waals surface area contributed by atoms with E-state index in [-0.39, 0.29) is 33.8 Å². The van der Waals surface area contributed by atoms with Crippen molar-refractivity contribution < 1.29 is 19.8 Å². The van der Waals surface area contributed by atoms with E-state index in [1.165, 1.54) is 25.0 Å². The van der Waals surface area contributed by atoms with Gasteiger partial charge >= 0.3 is 0 Å². The molecule has 2 aromatic carbocycles. The number of hydrogen-bond acceptors (Lipinski definition) is 6. The second-order valence-electron chi connectivity index (χ2n) is 6.72. The van der Waals surface area contributed by atoms with Crippen molar-refractivity contribution in [3.8, 4) is 11.5 Å². The van der Waals surface area contributed by atoms with Crippen LogP contribution in [0.3, 0.4) is 0 Å². The van der Waals surface area contributed by atoms with E-state index < -0.39 is 11.6 Å². The van der Waals surface area contributed by atoms with E-state index in [0.29, 0.717) is 12.2 Å². The Hall–Kier alpha value is -2.86. The maximum Gasteiger partial charge on any atom is 0.200 e. The molecule has 4 rings (SSSR count). The van der Waals surface area contributed by atoms with Crippen LogP contribution in [0.5, 0.6) is 11.5 Å². The molecule has 0 amide bonds. The van der Waals surface area contributed by atoms with Crippen LogP contribution < -0.4 is 5.32 Å². The molecular weight excluding hydrogens is 332 g/mol. The summed E-state index contributed by atoms with van der Waals surface area (Å²) in [5.41, 5.74) is 0.823. The van der Waals surface area contributed by atoms with Crippen molar-refractivity contribution in [2.75, 3.05) is 31.5 Å². The van der Waals surface area contributed by atoms with Crippen molar-refractivity contribution in [1.82, 2.24) is 4.90 Å². The Kier molecular flexibility index (Phi) is 4.12. The number of nitrogens with one attached hydrogen (secondary N) is 1. The third-order valence-electron chi connectivity index (χ3n) is 5.09. The highest BCUT2D eigenvalue weighted by Gasteiger charge is 2.35. The van der Waals surface area contributed by atoms with Gasteiger partial charge in [0.25, 0.3) is 0 Å². The highest BCUT2D eigenvalue weighted by Crippen LogP contribution is 2.39. The third-order valence-corrected chi connectivity index (χ3v) is 5.09. The van der Waals surface area contributed by atoms with E-state index in [1.54, 1.807) is 18.2 Å². The second kappa shape index (κ2) is 6.46. The van der Waals surface area contributed by atoms with Gasteiger partial charge in [0.15, 0.2) is 11.6 Å². The summed E-state index contributed by atoms with van der Waals surface area (Å²) in [7, 11) is 0. The first kappa shape index (κ1) is 16.6. The molecule has 0 saturated carbocycles. The zero-order valence-corrected chi connectivity index (χ0v) is 14.3. The lowest BCUT2D eigenvalue weighted by Gasteiger charge is -2.22. The fourth-order valence-electron chi connectivity index (χ4n) is 3.79. The molecular formula is C20H20N2O4. The number of rotatable bonds is 4. The number of carbonyl (C=O) groups excluding carboxylic acids is 2. The van der Waals surface area contributed by atoms with Gasteiger partial charge < -0.3 is 20.4 Å². The summed E-state index contributed by atoms with van der Waals surface area (Å²) < 4.78 is 0. The lowest BCUT2D eigenvalue weighted by atomic mass is 9.82. The predicted molar refractivity (Wildman–Crippen MR) is 97.2 cm³/mol. The molecule has 6 nitrogen and oxygen atoms in total. The van der Waals surface area contributed by atoms with Crippen LogP contribution >= 0.6 is 0 Å². The topological polar surface area (TPSA) is 89.9 Å². The average molecular weight is 352 g/mol. The Morgan fingerprint density at radius 1 is 0.885 bits per heavy atom. The molecule has 0 aromatic heterocycles. The molecule has 1 heterocycles. The van der Waals surface area contributed by atoms with Gasteiger partial charge in [-0.25, -0.2) is 0 Å². The average Bonchev–Trinajstić information content (AvgIpc) is 3.15. The summed E-state index contributed by atoms with van der Waals surface area (Å²) in [5, 5.41) is 23.4. The number of phenolic OH excluding ortho intramolecular Hbond substituents is 2. The van der Waals surface area contributed by atoms with Crippen LogP contribution in [0, 0.1) is 0 Å². The monoisotopic (exact) mass is 352 g/mol. The van der Waals surface area contributed by atoms with E-state index >= 15 is 0 Å². The van der Waals surface area contributed by atoms with Crippen LogP contribution in [-0.2, 0) is 0 Å². The maximum atomic E-state index is 13.0. The molecule has 0 bridgehead atoms. The first-order valence-corrected chi connectivity index (χ1v) is 8.81. The maximum absolute atomic E-state index is 13.0. The van der Waals surface area contributed by atoms with E-state index in [0.717, 1.165) is 19.6 Å². The van der Waals surface area contributed by atoms with Gasteiger partial charge in [0.1, 0.15) is 11.5 Å². The largest absolute Gasteiger partial charge is 0.507 e. The summed E-state index contributed by atoms with van der Waals surface area (Å²) in [4.78, 5) is 28.2. The zero-order chi connectivity index (χ0) is 18.3. The van der Waals surface area contributed by atoms with Gasteiger partial charge in [0, 0.05) is 24.3 Å². The SMILES string of the molecule is O=C1c2cccc(NCCN3CCCC3)c2C(=O)c2c(O)ccc(O)c21. The van der Waals surface area contributed by atoms with Crippen LogP contribution in [0.15, 0.2) is 30.3 Å². The van der Waals surface area contributed by atoms with Crippen molar-refractivity contribution >= 4 is 17.3 Å². The molecule has 0 unspecified atom stereocenters. The van der Waals surface area contributed by atoms with E-state index in [1.807, 2.05) is 0 Å². The first-order chi connectivity index (χ1) is 12.6. The molecule has 134 valence electrons. The van der Waals surface area contributed by atoms with Gasteiger partial charge in [-0.05, 0) is 44.1 Å². The van der Waals surface area contributed by atoms with E-state index in [2.05, 4.69) is 10.2 Å². The number of ketones is 2. The minimum absolute atomic E-state index is 0.128. The smallest absolute Gasteiger partial charge is 0.200 e. The molecule has 26 heavy (non-hydrogen) atoms. The second-order valence-corrected chi connectivity index (χ2v) is 6.72. The Balaban J connectivity index is 1.68. The number of likely N-dealkylation sites (tertiary alicyclic amines) is 1. The lowest BCUT2D eigenvalue weighted by molar-refractivity contribution is 0.0974. The fraction of sp³-hybridized carbons (Fsp3) is 0.300. The molecule has 3 N–H and O–H groups in total. The van der Waals surface area contributed by atoms with E-state index in [4.69, 9.17) is 0 Å². The molecule has 1 aliphatic carbocycles. The highest BCUT2D eigenvalue weighted by atomic mass is 16.3. The van der Waals surface area contributed by atoms with Gasteiger partial charge in [-0.2, -0.15) is 0 Å². The van der Waals surface area contributed by atoms with Crippen LogP contribution in [0.4, 0.5) is 5.69 Å². The lowest BCUT2D eigenvalue weighted by Crippen LogP contribution is -2.27. The van der Waals surface area contributed by atoms with Gasteiger partial charge in [-0.15, -0.1) is 0 Å². The van der Waals surface area contributed by atoms with Crippen LogP contribution in [0.25, 0.3) is 0 Å². The van der Waals surface area contributed by atoms with Crippen molar-refractivity contribution in [1.29, 1.82) is 0 Å². The molecule has 2 aromatic rings. The van der Waals surface area contributed by atoms with Gasteiger partial charge in [-0.1, -0.05) is 12.1 Å². The van der Waals surface area contributed by atoms with Crippen molar-refractivity contribution in [2.45, 2.75) is 12.8 Å². The summed E-state index contributed by atoms with van der Waals surface area (Å²) in [6.45, 7) is 3.71. The fourth-order valence-corrected chi connectivity index (χ4v) is 3.79. The number of nitrogens with zero attached hydrogens (tertiary/aromatic N) is 1. The molecule has 6 heteroatoms. The van der Waals surface area contributed by atoms with Crippen LogP contribution in [-0.4, -0.2) is 52.9 Å². The standard InChI is InChI=1S/C20H20N2O4/c23-14-6-7-15(24)18-17(14)19(25)12-4-3-5-13(16(12)20(18)26)21-8-11-22-9-1-2-10-22/h3-7,21,23-24H,1-2,8-11H2. The number of fused-ring (bicyclic) bond motifs is 2. The molecule has 0 radical (unpaired) electrons. The summed E-state index contributed by atoms with van der Waals surface area (Å²) in [6.07, 6.45) is 2.43. The number of aromatic hydroxyl groups is 2. The van der Waals surface area contributed by atoms with Gasteiger partial charge in [0.05, 0.1) is 16.7 Å². The number of anilines is 1. The van der Waals surface area contributed by atoms with E-state index in [9.17, 15) is 19.8 Å². The first-order valence-electron chi connectivity index (χ1n) is 8.81. The molecule has 0 spiro atoms. The number of hydrogen-bond donors (Lipinski definition) is 3. The Morgan fingerprint density at radius 2 is 1.54 bits per heavy atom. The third kappa shape index (κ3) is 2.63. The molecule has 2 aliphatic rings. The number of benzene rings is 2. The Morgan fingerprint density at radius 3 is 2.23 bits per heavy atom. The van der Waals surface area contributed by atoms with Crippen molar-refractivity contribution in [2.24, 2.45) is 0 Å². The quantitative estimate of drug-likeness (QED) is 0.625. The zero-order valence-electron chi connectivity index (χ0n) is 14.3. The normalized spacial score (nSPS) is 16.5. The predicted octanol–water partition coefficient (Wildman–Crippen LogP) is 2.38. The number of carbonyl (C=O) groups is 2. The van der Waals surface area contributed by atoms with Gasteiger partial charge in [0.2, 0.25) is 0 Å². The molecule has 1 saturated heterocycles. The van der Waals surface area contributed by atoms with Crippen LogP contribution in [0.2, 0.25) is 0 Å².